The number of rotatable bonds is 5. The maximum atomic E-state index is 14.2. The van der Waals surface area contributed by atoms with Crippen LogP contribution in [-0.2, 0) is 0 Å². The predicted molar refractivity (Wildman–Crippen MR) is 81.9 cm³/mol. The van der Waals surface area contributed by atoms with Crippen LogP contribution in [0.3, 0.4) is 0 Å². The van der Waals surface area contributed by atoms with Gasteiger partial charge in [0.05, 0.1) is 20.3 Å². The fourth-order valence-electron chi connectivity index (χ4n) is 2.26. The third kappa shape index (κ3) is 3.28. The minimum atomic E-state index is -0.400. The van der Waals surface area contributed by atoms with Gasteiger partial charge in [0.1, 0.15) is 17.3 Å². The summed E-state index contributed by atoms with van der Waals surface area (Å²) in [5, 5.41) is 3.45. The first-order chi connectivity index (χ1) is 10.1. The van der Waals surface area contributed by atoms with Gasteiger partial charge in [-0.05, 0) is 36.9 Å². The molecule has 0 aromatic heterocycles. The Morgan fingerprint density at radius 1 is 1.10 bits per heavy atom. The van der Waals surface area contributed by atoms with E-state index in [4.69, 9.17) is 21.1 Å². The van der Waals surface area contributed by atoms with Gasteiger partial charge in [-0.2, -0.15) is 0 Å². The molecule has 0 heterocycles. The zero-order valence-corrected chi connectivity index (χ0v) is 12.9. The van der Waals surface area contributed by atoms with Crippen LogP contribution in [0.2, 0.25) is 5.02 Å². The number of benzene rings is 2. The van der Waals surface area contributed by atoms with Gasteiger partial charge in [-0.15, -0.1) is 0 Å². The van der Waals surface area contributed by atoms with E-state index in [1.54, 1.807) is 39.5 Å². The molecule has 0 radical (unpaired) electrons. The molecule has 1 atom stereocenters. The second-order valence-electron chi connectivity index (χ2n) is 4.50. The molecule has 0 fully saturated rings. The van der Waals surface area contributed by atoms with Crippen molar-refractivity contribution in [3.05, 3.63) is 58.4 Å². The third-order valence-corrected chi connectivity index (χ3v) is 3.61. The highest BCUT2D eigenvalue weighted by Crippen LogP contribution is 2.34. The fraction of sp³-hybridized carbons (Fsp3) is 0.250. The van der Waals surface area contributed by atoms with Crippen LogP contribution >= 0.6 is 11.6 Å². The molecule has 0 aliphatic carbocycles. The van der Waals surface area contributed by atoms with Crippen LogP contribution in [0.5, 0.6) is 11.5 Å². The highest BCUT2D eigenvalue weighted by atomic mass is 35.5. The van der Waals surface area contributed by atoms with Crippen LogP contribution in [0.1, 0.15) is 17.2 Å². The summed E-state index contributed by atoms with van der Waals surface area (Å²) < 4.78 is 24.7. The molecule has 112 valence electrons. The van der Waals surface area contributed by atoms with Crippen molar-refractivity contribution in [3.8, 4) is 11.5 Å². The first-order valence-corrected chi connectivity index (χ1v) is 6.82. The Kier molecular flexibility index (Phi) is 5.04. The lowest BCUT2D eigenvalue weighted by Crippen LogP contribution is -2.19. The molecule has 0 bridgehead atoms. The van der Waals surface area contributed by atoms with Crippen LogP contribution in [-0.4, -0.2) is 21.3 Å². The molecular formula is C16H17ClFNO2. The molecule has 0 aliphatic rings. The molecule has 0 aliphatic heterocycles. The second-order valence-corrected chi connectivity index (χ2v) is 4.91. The van der Waals surface area contributed by atoms with E-state index in [1.807, 2.05) is 12.1 Å². The van der Waals surface area contributed by atoms with Crippen molar-refractivity contribution in [2.24, 2.45) is 0 Å². The maximum absolute atomic E-state index is 14.2. The summed E-state index contributed by atoms with van der Waals surface area (Å²) >= 11 is 6.16. The lowest BCUT2D eigenvalue weighted by atomic mass is 9.97. The molecule has 1 unspecified atom stereocenters. The van der Waals surface area contributed by atoms with Gasteiger partial charge in [0, 0.05) is 16.7 Å². The molecule has 2 aromatic rings. The molecule has 21 heavy (non-hydrogen) atoms. The number of nitrogens with one attached hydrogen (secondary N) is 1. The molecule has 2 rings (SSSR count). The predicted octanol–water partition coefficient (Wildman–Crippen LogP) is 3.81. The topological polar surface area (TPSA) is 30.5 Å². The Labute approximate surface area is 128 Å². The van der Waals surface area contributed by atoms with Crippen molar-refractivity contribution in [2.75, 3.05) is 21.3 Å². The number of hydrogen-bond donors (Lipinski definition) is 1. The van der Waals surface area contributed by atoms with E-state index in [9.17, 15) is 4.39 Å². The van der Waals surface area contributed by atoms with Gasteiger partial charge < -0.3 is 14.8 Å². The second kappa shape index (κ2) is 6.78. The van der Waals surface area contributed by atoms with Crippen molar-refractivity contribution < 1.29 is 13.9 Å². The summed E-state index contributed by atoms with van der Waals surface area (Å²) in [5.41, 5.74) is 1.21. The van der Waals surface area contributed by atoms with E-state index in [2.05, 4.69) is 5.32 Å². The molecule has 0 saturated heterocycles. The largest absolute Gasteiger partial charge is 0.497 e. The van der Waals surface area contributed by atoms with Gasteiger partial charge in [-0.25, -0.2) is 4.39 Å². The SMILES string of the molecule is CNC(c1cc(OC)cc(OC)c1)c1c(F)cccc1Cl. The Morgan fingerprint density at radius 3 is 2.19 bits per heavy atom. The van der Waals surface area contributed by atoms with E-state index in [1.165, 1.54) is 6.07 Å². The Balaban J connectivity index is 2.56. The standard InChI is InChI=1S/C16H17ClFNO2/c1-19-16(15-13(17)5-4-6-14(15)18)10-7-11(20-2)9-12(8-10)21-3/h4-9,16,19H,1-3H3. The number of ether oxygens (including phenoxy) is 2. The fourth-order valence-corrected chi connectivity index (χ4v) is 2.53. The molecule has 5 heteroatoms. The third-order valence-electron chi connectivity index (χ3n) is 3.28. The van der Waals surface area contributed by atoms with Gasteiger partial charge in [0.2, 0.25) is 0 Å². The normalized spacial score (nSPS) is 12.0. The van der Waals surface area contributed by atoms with Crippen LogP contribution in [0, 0.1) is 5.82 Å². The minimum Gasteiger partial charge on any atom is -0.497 e. The van der Waals surface area contributed by atoms with E-state index in [0.717, 1.165) is 5.56 Å². The average molecular weight is 310 g/mol. The van der Waals surface area contributed by atoms with Crippen molar-refractivity contribution in [1.29, 1.82) is 0 Å². The Bertz CT molecular complexity index is 591. The monoisotopic (exact) mass is 309 g/mol. The number of hydrogen-bond acceptors (Lipinski definition) is 3. The van der Waals surface area contributed by atoms with Crippen LogP contribution in [0.15, 0.2) is 36.4 Å². The molecule has 0 saturated carbocycles. The lowest BCUT2D eigenvalue weighted by Gasteiger charge is -2.20. The van der Waals surface area contributed by atoms with E-state index >= 15 is 0 Å². The van der Waals surface area contributed by atoms with Crippen LogP contribution < -0.4 is 14.8 Å². The molecular weight excluding hydrogens is 293 g/mol. The summed E-state index contributed by atoms with van der Waals surface area (Å²) in [5.74, 6) is 0.915. The smallest absolute Gasteiger partial charge is 0.129 e. The quantitative estimate of drug-likeness (QED) is 0.911. The van der Waals surface area contributed by atoms with Gasteiger partial charge >= 0.3 is 0 Å². The first-order valence-electron chi connectivity index (χ1n) is 6.44. The summed E-state index contributed by atoms with van der Waals surface area (Å²) in [7, 11) is 4.89. The van der Waals surface area contributed by atoms with Gasteiger partial charge in [0.25, 0.3) is 0 Å². The molecule has 3 nitrogen and oxygen atoms in total. The molecule has 0 spiro atoms. The van der Waals surface area contributed by atoms with Crippen molar-refractivity contribution >= 4 is 11.6 Å². The number of halogens is 2. The summed E-state index contributed by atoms with van der Waals surface area (Å²) in [6.07, 6.45) is 0. The minimum absolute atomic E-state index is 0.358. The lowest BCUT2D eigenvalue weighted by molar-refractivity contribution is 0.392. The molecule has 1 N–H and O–H groups in total. The summed E-state index contributed by atoms with van der Waals surface area (Å²) in [6.45, 7) is 0. The van der Waals surface area contributed by atoms with E-state index in [0.29, 0.717) is 22.1 Å². The van der Waals surface area contributed by atoms with Crippen molar-refractivity contribution in [3.63, 3.8) is 0 Å². The molecule has 2 aromatic carbocycles. The Hall–Kier alpha value is -1.78. The van der Waals surface area contributed by atoms with E-state index in [-0.39, 0.29) is 5.82 Å². The number of methoxy groups -OCH3 is 2. The van der Waals surface area contributed by atoms with Gasteiger partial charge in [0.15, 0.2) is 0 Å². The summed E-state index contributed by atoms with van der Waals surface area (Å²) in [6, 6.07) is 9.66. The highest BCUT2D eigenvalue weighted by Gasteiger charge is 2.20. The first kappa shape index (κ1) is 15.6. The maximum Gasteiger partial charge on any atom is 0.129 e. The zero-order valence-electron chi connectivity index (χ0n) is 12.1. The zero-order chi connectivity index (χ0) is 15.4. The Morgan fingerprint density at radius 2 is 1.71 bits per heavy atom. The highest BCUT2D eigenvalue weighted by molar-refractivity contribution is 6.31. The van der Waals surface area contributed by atoms with Gasteiger partial charge in [-0.1, -0.05) is 17.7 Å². The van der Waals surface area contributed by atoms with Crippen molar-refractivity contribution in [2.45, 2.75) is 6.04 Å². The van der Waals surface area contributed by atoms with Crippen molar-refractivity contribution in [1.82, 2.24) is 5.32 Å². The van der Waals surface area contributed by atoms with Crippen LogP contribution in [0.25, 0.3) is 0 Å². The summed E-state index contributed by atoms with van der Waals surface area (Å²) in [4.78, 5) is 0. The average Bonchev–Trinajstić information content (AvgIpc) is 2.50. The van der Waals surface area contributed by atoms with Crippen LogP contribution in [0.4, 0.5) is 4.39 Å². The van der Waals surface area contributed by atoms with E-state index < -0.39 is 6.04 Å². The van der Waals surface area contributed by atoms with Gasteiger partial charge in [-0.3, -0.25) is 0 Å². The molecule has 0 amide bonds.